The highest BCUT2D eigenvalue weighted by Gasteiger charge is 2.33. The van der Waals surface area contributed by atoms with Crippen molar-refractivity contribution in [1.82, 2.24) is 0 Å². The van der Waals surface area contributed by atoms with Crippen LogP contribution in [0.15, 0.2) is 54.1 Å². The van der Waals surface area contributed by atoms with Gasteiger partial charge in [-0.15, -0.1) is 0 Å². The Kier molecular flexibility index (Phi) is 6.71. The smallest absolute Gasteiger partial charge is 0.174 e. The van der Waals surface area contributed by atoms with Crippen molar-refractivity contribution < 1.29 is 30.0 Å². The summed E-state index contributed by atoms with van der Waals surface area (Å²) < 4.78 is 5.86. The molecule has 1 aliphatic rings. The Labute approximate surface area is 181 Å². The zero-order valence-corrected chi connectivity index (χ0v) is 17.8. The van der Waals surface area contributed by atoms with Gasteiger partial charge in [-0.2, -0.15) is 0 Å². The van der Waals surface area contributed by atoms with Crippen LogP contribution in [-0.4, -0.2) is 32.3 Å². The van der Waals surface area contributed by atoms with Crippen molar-refractivity contribution in [2.24, 2.45) is 0 Å². The topological polar surface area (TPSA) is 107 Å². The fourth-order valence-corrected chi connectivity index (χ4v) is 3.63. The maximum absolute atomic E-state index is 12.8. The number of phenolic OH excluding ortho intramolecular Hbond substituents is 3. The second kappa shape index (κ2) is 9.27. The van der Waals surface area contributed by atoms with Gasteiger partial charge in [-0.3, -0.25) is 4.79 Å². The van der Waals surface area contributed by atoms with Crippen molar-refractivity contribution in [2.75, 3.05) is 0 Å². The molecule has 2 atom stereocenters. The van der Waals surface area contributed by atoms with Crippen molar-refractivity contribution in [3.8, 4) is 23.0 Å². The summed E-state index contributed by atoms with van der Waals surface area (Å²) in [6, 6.07) is 7.62. The van der Waals surface area contributed by atoms with Gasteiger partial charge in [0.15, 0.2) is 5.78 Å². The third-order valence-electron chi connectivity index (χ3n) is 5.42. The molecule has 0 radical (unpaired) electrons. The van der Waals surface area contributed by atoms with E-state index in [9.17, 15) is 25.2 Å². The SMILES string of the molecule is C=C(CCC=C(C)C)C(O)Cc1c(O)cc2c(c1O)C(=O)CC(c1ccc(O)cc1)O2. The summed E-state index contributed by atoms with van der Waals surface area (Å²) in [6.07, 6.45) is 1.75. The first kappa shape index (κ1) is 22.4. The number of hydrogen-bond acceptors (Lipinski definition) is 6. The molecular weight excluding hydrogens is 396 g/mol. The van der Waals surface area contributed by atoms with Crippen molar-refractivity contribution in [3.63, 3.8) is 0 Å². The first-order chi connectivity index (χ1) is 14.7. The lowest BCUT2D eigenvalue weighted by Gasteiger charge is -2.27. The molecule has 0 aromatic heterocycles. The Balaban J connectivity index is 1.81. The van der Waals surface area contributed by atoms with Gasteiger partial charge in [0, 0.05) is 18.1 Å². The molecule has 6 heteroatoms. The number of carbonyl (C=O) groups is 1. The molecule has 2 aromatic rings. The number of carbonyl (C=O) groups excluding carboxylic acids is 1. The van der Waals surface area contributed by atoms with Crippen LogP contribution in [0.1, 0.15) is 60.7 Å². The number of allylic oxidation sites excluding steroid dienone is 2. The summed E-state index contributed by atoms with van der Waals surface area (Å²) in [5, 5.41) is 41.1. The van der Waals surface area contributed by atoms with E-state index >= 15 is 0 Å². The molecular formula is C25H28O6. The normalized spacial score (nSPS) is 16.2. The number of phenols is 3. The van der Waals surface area contributed by atoms with Crippen LogP contribution in [0.25, 0.3) is 0 Å². The largest absolute Gasteiger partial charge is 0.508 e. The molecule has 0 bridgehead atoms. The van der Waals surface area contributed by atoms with Gasteiger partial charge in [0.1, 0.15) is 34.7 Å². The molecule has 1 heterocycles. The molecule has 164 valence electrons. The Bertz CT molecular complexity index is 1020. The molecule has 3 rings (SSSR count). The van der Waals surface area contributed by atoms with Crippen LogP contribution >= 0.6 is 0 Å². The number of hydrogen-bond donors (Lipinski definition) is 4. The van der Waals surface area contributed by atoms with E-state index in [1.54, 1.807) is 12.1 Å². The standard InChI is InChI=1S/C25H28O6/c1-14(2)5-4-6-15(3)19(27)11-18-20(28)12-23-24(25(18)30)21(29)13-22(31-23)16-7-9-17(26)10-8-16/h5,7-10,12,19,22,26-28,30H,3-4,6,11,13H2,1-2H3. The highest BCUT2D eigenvalue weighted by atomic mass is 16.5. The quantitative estimate of drug-likeness (QED) is 0.479. The first-order valence-corrected chi connectivity index (χ1v) is 10.2. The summed E-state index contributed by atoms with van der Waals surface area (Å²) in [5.41, 5.74) is 2.56. The Morgan fingerprint density at radius 1 is 1.23 bits per heavy atom. The van der Waals surface area contributed by atoms with Gasteiger partial charge in [0.25, 0.3) is 0 Å². The number of ketones is 1. The maximum atomic E-state index is 12.8. The lowest BCUT2D eigenvalue weighted by atomic mass is 9.91. The van der Waals surface area contributed by atoms with E-state index < -0.39 is 12.2 Å². The van der Waals surface area contributed by atoms with Crippen LogP contribution in [0.4, 0.5) is 0 Å². The van der Waals surface area contributed by atoms with Crippen molar-refractivity contribution >= 4 is 5.78 Å². The van der Waals surface area contributed by atoms with Crippen LogP contribution in [-0.2, 0) is 6.42 Å². The van der Waals surface area contributed by atoms with Gasteiger partial charge in [0.2, 0.25) is 0 Å². The van der Waals surface area contributed by atoms with Crippen LogP contribution in [0.5, 0.6) is 23.0 Å². The molecule has 0 saturated carbocycles. The molecule has 0 aliphatic carbocycles. The van der Waals surface area contributed by atoms with E-state index in [1.807, 2.05) is 19.9 Å². The van der Waals surface area contributed by atoms with Crippen LogP contribution < -0.4 is 4.74 Å². The number of aliphatic hydroxyl groups is 1. The molecule has 4 N–H and O–H groups in total. The second-order valence-corrected chi connectivity index (χ2v) is 8.12. The minimum absolute atomic E-state index is 0.00480. The van der Waals surface area contributed by atoms with Gasteiger partial charge in [-0.05, 0) is 50.0 Å². The zero-order valence-electron chi connectivity index (χ0n) is 17.8. The molecule has 0 fully saturated rings. The number of aliphatic hydroxyl groups excluding tert-OH is 1. The van der Waals surface area contributed by atoms with Crippen molar-refractivity contribution in [3.05, 3.63) is 70.8 Å². The number of fused-ring (bicyclic) bond motifs is 1. The highest BCUT2D eigenvalue weighted by molar-refractivity contribution is 6.03. The fraction of sp³-hybridized carbons (Fsp3) is 0.320. The summed E-state index contributed by atoms with van der Waals surface area (Å²) in [7, 11) is 0. The Morgan fingerprint density at radius 2 is 1.90 bits per heavy atom. The van der Waals surface area contributed by atoms with Gasteiger partial charge in [0.05, 0.1) is 12.5 Å². The predicted molar refractivity (Wildman–Crippen MR) is 118 cm³/mol. The van der Waals surface area contributed by atoms with E-state index in [2.05, 4.69) is 6.58 Å². The molecule has 0 spiro atoms. The van der Waals surface area contributed by atoms with E-state index in [0.29, 0.717) is 17.6 Å². The minimum atomic E-state index is -0.968. The average Bonchev–Trinajstić information content (AvgIpc) is 2.70. The minimum Gasteiger partial charge on any atom is -0.508 e. The van der Waals surface area contributed by atoms with E-state index in [0.717, 1.165) is 6.42 Å². The number of benzene rings is 2. The van der Waals surface area contributed by atoms with Crippen LogP contribution in [0.2, 0.25) is 0 Å². The lowest BCUT2D eigenvalue weighted by Crippen LogP contribution is -2.21. The van der Waals surface area contributed by atoms with E-state index in [4.69, 9.17) is 4.74 Å². The molecule has 2 aromatic carbocycles. The number of rotatable bonds is 7. The van der Waals surface area contributed by atoms with E-state index in [-0.39, 0.29) is 52.7 Å². The van der Waals surface area contributed by atoms with Crippen LogP contribution in [0.3, 0.4) is 0 Å². The molecule has 0 amide bonds. The van der Waals surface area contributed by atoms with E-state index in [1.165, 1.54) is 23.8 Å². The third kappa shape index (κ3) is 5.09. The molecule has 6 nitrogen and oxygen atoms in total. The van der Waals surface area contributed by atoms with Gasteiger partial charge in [-0.25, -0.2) is 0 Å². The van der Waals surface area contributed by atoms with Gasteiger partial charge < -0.3 is 25.2 Å². The molecule has 31 heavy (non-hydrogen) atoms. The molecule has 2 unspecified atom stereocenters. The number of ether oxygens (including phenoxy) is 1. The summed E-state index contributed by atoms with van der Waals surface area (Å²) >= 11 is 0. The number of aromatic hydroxyl groups is 3. The van der Waals surface area contributed by atoms with Gasteiger partial charge in [-0.1, -0.05) is 30.4 Å². The molecule has 1 aliphatic heterocycles. The first-order valence-electron chi connectivity index (χ1n) is 10.2. The van der Waals surface area contributed by atoms with Crippen LogP contribution in [0, 0.1) is 0 Å². The van der Waals surface area contributed by atoms with Crippen molar-refractivity contribution in [1.29, 1.82) is 0 Å². The maximum Gasteiger partial charge on any atom is 0.174 e. The zero-order chi connectivity index (χ0) is 22.7. The average molecular weight is 424 g/mol. The second-order valence-electron chi connectivity index (χ2n) is 8.12. The predicted octanol–water partition coefficient (Wildman–Crippen LogP) is 4.72. The summed E-state index contributed by atoms with van der Waals surface area (Å²) in [4.78, 5) is 12.8. The highest BCUT2D eigenvalue weighted by Crippen LogP contribution is 2.45. The monoisotopic (exact) mass is 424 g/mol. The van der Waals surface area contributed by atoms with Gasteiger partial charge >= 0.3 is 0 Å². The molecule has 0 saturated heterocycles. The Morgan fingerprint density at radius 3 is 2.55 bits per heavy atom. The Hall–Kier alpha value is -3.25. The fourth-order valence-electron chi connectivity index (χ4n) is 3.63. The van der Waals surface area contributed by atoms with Crippen molar-refractivity contribution in [2.45, 2.75) is 51.7 Å². The summed E-state index contributed by atoms with van der Waals surface area (Å²) in [6.45, 7) is 7.89. The number of Topliss-reactive ketones (excluding diaryl/α,β-unsaturated/α-hetero) is 1. The summed E-state index contributed by atoms with van der Waals surface area (Å²) in [5.74, 6) is -0.765. The third-order valence-corrected chi connectivity index (χ3v) is 5.42. The lowest BCUT2D eigenvalue weighted by molar-refractivity contribution is 0.0844.